The van der Waals surface area contributed by atoms with Gasteiger partial charge in [-0.05, 0) is 67.7 Å². The standard InChI is InChI=1S/C30H40NO2P/c1-11-22-19-24(32-9)27(26-20(2)15-14-16-21(26)3)29(28(22)33-10)34(30(4,5)6)25-18-13-12-17-23(25)31(7)8/h12-19H,11H2,1-10H3. The van der Waals surface area contributed by atoms with E-state index in [4.69, 9.17) is 9.47 Å². The van der Waals surface area contributed by atoms with Crippen LogP contribution in [0.2, 0.25) is 0 Å². The number of benzene rings is 3. The van der Waals surface area contributed by atoms with Crippen LogP contribution in [0, 0.1) is 13.8 Å². The Morgan fingerprint density at radius 2 is 1.47 bits per heavy atom. The largest absolute Gasteiger partial charge is 0.496 e. The number of rotatable bonds is 7. The number of ether oxygens (including phenoxy) is 2. The van der Waals surface area contributed by atoms with Crippen LogP contribution in [0.25, 0.3) is 11.1 Å². The van der Waals surface area contributed by atoms with Crippen molar-refractivity contribution in [2.75, 3.05) is 33.2 Å². The lowest BCUT2D eigenvalue weighted by atomic mass is 9.93. The molecule has 3 aromatic rings. The molecule has 0 aliphatic rings. The first-order valence-corrected chi connectivity index (χ1v) is 13.3. The predicted molar refractivity (Wildman–Crippen MR) is 151 cm³/mol. The van der Waals surface area contributed by atoms with Gasteiger partial charge < -0.3 is 14.4 Å². The molecule has 0 bridgehead atoms. The molecular formula is C30H40NO2P. The van der Waals surface area contributed by atoms with Crippen molar-refractivity contribution in [3.63, 3.8) is 0 Å². The van der Waals surface area contributed by atoms with Crippen LogP contribution in [0.1, 0.15) is 44.4 Å². The summed E-state index contributed by atoms with van der Waals surface area (Å²) in [6.07, 6.45) is 0.877. The molecule has 3 nitrogen and oxygen atoms in total. The number of para-hydroxylation sites is 1. The zero-order valence-corrected chi connectivity index (χ0v) is 23.4. The lowest BCUT2D eigenvalue weighted by Gasteiger charge is -2.38. The highest BCUT2D eigenvalue weighted by Crippen LogP contribution is 2.55. The molecule has 0 radical (unpaired) electrons. The third-order valence-electron chi connectivity index (χ3n) is 6.33. The number of anilines is 1. The van der Waals surface area contributed by atoms with Crippen molar-refractivity contribution in [1.82, 2.24) is 0 Å². The van der Waals surface area contributed by atoms with E-state index in [0.717, 1.165) is 17.9 Å². The van der Waals surface area contributed by atoms with Gasteiger partial charge in [-0.1, -0.05) is 64.1 Å². The predicted octanol–water partition coefficient (Wildman–Crippen LogP) is 6.85. The maximum Gasteiger partial charge on any atom is 0.130 e. The quantitative estimate of drug-likeness (QED) is 0.348. The molecule has 0 aromatic heterocycles. The fourth-order valence-corrected chi connectivity index (χ4v) is 8.10. The summed E-state index contributed by atoms with van der Waals surface area (Å²) in [5.41, 5.74) is 7.34. The summed E-state index contributed by atoms with van der Waals surface area (Å²) in [6, 6.07) is 17.5. The molecule has 0 spiro atoms. The third-order valence-corrected chi connectivity index (χ3v) is 9.41. The molecule has 0 fully saturated rings. The molecule has 0 saturated carbocycles. The summed E-state index contributed by atoms with van der Waals surface area (Å²) < 4.78 is 12.4. The highest BCUT2D eigenvalue weighted by Gasteiger charge is 2.37. The van der Waals surface area contributed by atoms with Crippen molar-refractivity contribution < 1.29 is 9.47 Å². The molecule has 0 aliphatic heterocycles. The first kappa shape index (κ1) is 26.1. The van der Waals surface area contributed by atoms with E-state index in [2.05, 4.69) is 109 Å². The molecule has 0 amide bonds. The van der Waals surface area contributed by atoms with Gasteiger partial charge in [0.1, 0.15) is 11.5 Å². The fourth-order valence-electron chi connectivity index (χ4n) is 4.84. The number of nitrogens with zero attached hydrogens (tertiary/aromatic N) is 1. The van der Waals surface area contributed by atoms with Gasteiger partial charge in [0, 0.05) is 36.0 Å². The second-order valence-electron chi connectivity index (χ2n) is 10.0. The molecule has 0 saturated heterocycles. The van der Waals surface area contributed by atoms with E-state index in [1.54, 1.807) is 7.11 Å². The second kappa shape index (κ2) is 10.4. The van der Waals surface area contributed by atoms with Crippen LogP contribution < -0.4 is 25.0 Å². The summed E-state index contributed by atoms with van der Waals surface area (Å²) >= 11 is 0. The van der Waals surface area contributed by atoms with Crippen LogP contribution in [0.4, 0.5) is 5.69 Å². The minimum absolute atomic E-state index is 0.0164. The molecule has 3 rings (SSSR count). The molecule has 0 heterocycles. The van der Waals surface area contributed by atoms with Crippen molar-refractivity contribution in [3.8, 4) is 22.6 Å². The van der Waals surface area contributed by atoms with Crippen molar-refractivity contribution in [2.24, 2.45) is 0 Å². The Morgan fingerprint density at radius 1 is 0.853 bits per heavy atom. The van der Waals surface area contributed by atoms with Gasteiger partial charge >= 0.3 is 0 Å². The number of methoxy groups -OCH3 is 2. The lowest BCUT2D eigenvalue weighted by Crippen LogP contribution is -2.32. The Hall–Kier alpha value is -2.51. The molecule has 34 heavy (non-hydrogen) atoms. The van der Waals surface area contributed by atoms with Gasteiger partial charge in [0.2, 0.25) is 0 Å². The molecular weight excluding hydrogens is 437 g/mol. The van der Waals surface area contributed by atoms with Crippen LogP contribution in [0.3, 0.4) is 0 Å². The topological polar surface area (TPSA) is 21.7 Å². The SMILES string of the molecule is CCc1cc(OC)c(-c2c(C)cccc2C)c(P(c2ccccc2N(C)C)C(C)(C)C)c1OC. The average molecular weight is 478 g/mol. The molecule has 4 heteroatoms. The summed E-state index contributed by atoms with van der Waals surface area (Å²) in [6.45, 7) is 13.6. The van der Waals surface area contributed by atoms with Gasteiger partial charge in [0.15, 0.2) is 0 Å². The average Bonchev–Trinajstić information content (AvgIpc) is 2.78. The lowest BCUT2D eigenvalue weighted by molar-refractivity contribution is 0.403. The Balaban J connectivity index is 2.60. The zero-order chi connectivity index (χ0) is 25.2. The van der Waals surface area contributed by atoms with Crippen LogP contribution in [-0.2, 0) is 6.42 Å². The van der Waals surface area contributed by atoms with Crippen LogP contribution in [0.5, 0.6) is 11.5 Å². The smallest absolute Gasteiger partial charge is 0.130 e. The maximum atomic E-state index is 6.25. The van der Waals surface area contributed by atoms with Crippen molar-refractivity contribution in [2.45, 2.75) is 53.1 Å². The summed E-state index contributed by atoms with van der Waals surface area (Å²) in [4.78, 5) is 2.22. The minimum Gasteiger partial charge on any atom is -0.496 e. The highest BCUT2D eigenvalue weighted by atomic mass is 31.1. The molecule has 0 N–H and O–H groups in total. The van der Waals surface area contributed by atoms with Crippen molar-refractivity contribution in [1.29, 1.82) is 0 Å². The van der Waals surface area contributed by atoms with E-state index >= 15 is 0 Å². The second-order valence-corrected chi connectivity index (χ2v) is 12.9. The minimum atomic E-state index is -0.831. The Kier molecular flexibility index (Phi) is 7.98. The molecule has 1 atom stereocenters. The van der Waals surface area contributed by atoms with Crippen LogP contribution in [0.15, 0.2) is 48.5 Å². The van der Waals surface area contributed by atoms with Gasteiger partial charge in [-0.3, -0.25) is 0 Å². The normalized spacial score (nSPS) is 12.4. The monoisotopic (exact) mass is 477 g/mol. The number of aryl methyl sites for hydroxylation is 3. The van der Waals surface area contributed by atoms with Gasteiger partial charge in [0.05, 0.1) is 14.2 Å². The van der Waals surface area contributed by atoms with Crippen LogP contribution in [-0.4, -0.2) is 33.5 Å². The molecule has 1 unspecified atom stereocenters. The molecule has 0 aliphatic carbocycles. The number of hydrogen-bond acceptors (Lipinski definition) is 3. The first-order chi connectivity index (χ1) is 16.1. The Bertz CT molecular complexity index is 1140. The third kappa shape index (κ3) is 4.82. The highest BCUT2D eigenvalue weighted by molar-refractivity contribution is 7.75. The van der Waals surface area contributed by atoms with Gasteiger partial charge in [-0.25, -0.2) is 0 Å². The summed E-state index contributed by atoms with van der Waals surface area (Å²) in [5, 5.41) is 2.61. The van der Waals surface area contributed by atoms with E-state index in [-0.39, 0.29) is 5.16 Å². The van der Waals surface area contributed by atoms with E-state index < -0.39 is 7.92 Å². The molecule has 3 aromatic carbocycles. The number of hydrogen-bond donors (Lipinski definition) is 0. The van der Waals surface area contributed by atoms with Gasteiger partial charge in [-0.2, -0.15) is 0 Å². The summed E-state index contributed by atoms with van der Waals surface area (Å²) in [7, 11) is 7.02. The first-order valence-electron chi connectivity index (χ1n) is 12.0. The van der Waals surface area contributed by atoms with Crippen molar-refractivity contribution in [3.05, 3.63) is 65.2 Å². The molecule has 182 valence electrons. The maximum absolute atomic E-state index is 6.25. The van der Waals surface area contributed by atoms with Crippen molar-refractivity contribution >= 4 is 24.2 Å². The van der Waals surface area contributed by atoms with E-state index in [1.165, 1.54) is 44.1 Å². The van der Waals surface area contributed by atoms with E-state index in [1.807, 2.05) is 7.11 Å². The van der Waals surface area contributed by atoms with Crippen LogP contribution >= 0.6 is 7.92 Å². The van der Waals surface area contributed by atoms with Gasteiger partial charge in [-0.15, -0.1) is 0 Å². The van der Waals surface area contributed by atoms with Gasteiger partial charge in [0.25, 0.3) is 0 Å². The van der Waals surface area contributed by atoms with E-state index in [9.17, 15) is 0 Å². The Labute approximate surface area is 207 Å². The Morgan fingerprint density at radius 3 is 1.97 bits per heavy atom. The van der Waals surface area contributed by atoms with E-state index in [0.29, 0.717) is 0 Å². The summed E-state index contributed by atoms with van der Waals surface area (Å²) in [5.74, 6) is 1.92. The zero-order valence-electron chi connectivity index (χ0n) is 22.5. The fraction of sp³-hybridized carbons (Fsp3) is 0.400.